The molecule has 0 aliphatic carbocycles. The Morgan fingerprint density at radius 1 is 1.21 bits per heavy atom. The van der Waals surface area contributed by atoms with E-state index in [2.05, 4.69) is 20.7 Å². The van der Waals surface area contributed by atoms with Crippen LogP contribution in [0.3, 0.4) is 0 Å². The number of benzene rings is 2. The van der Waals surface area contributed by atoms with Gasteiger partial charge in [0.25, 0.3) is 10.0 Å². The molecule has 2 aromatic carbocycles. The summed E-state index contributed by atoms with van der Waals surface area (Å²) in [4.78, 5) is 10.8. The third-order valence-electron chi connectivity index (χ3n) is 2.89. The average Bonchev–Trinajstić information content (AvgIpc) is 2.50. The Kier molecular flexibility index (Phi) is 5.55. The van der Waals surface area contributed by atoms with E-state index in [1.54, 1.807) is 6.92 Å². The molecule has 2 rings (SSSR count). The van der Waals surface area contributed by atoms with Gasteiger partial charge in [-0.3, -0.25) is 4.72 Å². The maximum absolute atomic E-state index is 13.8. The van der Waals surface area contributed by atoms with E-state index in [-0.39, 0.29) is 22.3 Å². The number of halogens is 3. The highest BCUT2D eigenvalue weighted by atomic mass is 79.9. The highest BCUT2D eigenvalue weighted by Crippen LogP contribution is 2.25. The predicted octanol–water partition coefficient (Wildman–Crippen LogP) is 3.70. The van der Waals surface area contributed by atoms with Crippen molar-refractivity contribution in [3.8, 4) is 0 Å². The fraction of sp³-hybridized carbons (Fsp3) is 0.133. The van der Waals surface area contributed by atoms with Gasteiger partial charge in [0.1, 0.15) is 16.5 Å². The molecule has 24 heavy (non-hydrogen) atoms. The minimum absolute atomic E-state index is 0.0169. The van der Waals surface area contributed by atoms with Crippen molar-refractivity contribution in [1.29, 1.82) is 0 Å². The quantitative estimate of drug-likeness (QED) is 0.592. The summed E-state index contributed by atoms with van der Waals surface area (Å²) in [6, 6.07) is 6.77. The second-order valence-electron chi connectivity index (χ2n) is 4.60. The minimum Gasteiger partial charge on any atom is -0.462 e. The molecule has 0 spiro atoms. The monoisotopic (exact) mass is 419 g/mol. The van der Waals surface area contributed by atoms with E-state index in [9.17, 15) is 22.0 Å². The average molecular weight is 420 g/mol. The molecule has 0 radical (unpaired) electrons. The zero-order valence-corrected chi connectivity index (χ0v) is 14.7. The van der Waals surface area contributed by atoms with E-state index >= 15 is 0 Å². The maximum Gasteiger partial charge on any atom is 0.338 e. The van der Waals surface area contributed by atoms with Crippen molar-refractivity contribution in [1.82, 2.24) is 0 Å². The van der Waals surface area contributed by atoms with Gasteiger partial charge >= 0.3 is 5.97 Å². The Labute approximate surface area is 145 Å². The Balaban J connectivity index is 2.35. The van der Waals surface area contributed by atoms with Gasteiger partial charge in [0.2, 0.25) is 0 Å². The molecular weight excluding hydrogens is 408 g/mol. The van der Waals surface area contributed by atoms with Crippen molar-refractivity contribution in [2.45, 2.75) is 11.8 Å². The number of sulfonamides is 1. The molecule has 2 aromatic rings. The third kappa shape index (κ3) is 4.09. The van der Waals surface area contributed by atoms with E-state index < -0.39 is 32.5 Å². The van der Waals surface area contributed by atoms with Crippen LogP contribution in [0.25, 0.3) is 0 Å². The lowest BCUT2D eigenvalue weighted by Gasteiger charge is -2.10. The predicted molar refractivity (Wildman–Crippen MR) is 87.3 cm³/mol. The molecule has 0 fully saturated rings. The molecule has 0 heterocycles. The SMILES string of the molecule is CCOC(=O)c1cccc(NS(=O)(=O)c2cc(F)c(Br)cc2F)c1. The zero-order valence-electron chi connectivity index (χ0n) is 12.3. The highest BCUT2D eigenvalue weighted by Gasteiger charge is 2.22. The van der Waals surface area contributed by atoms with Crippen LogP contribution in [-0.2, 0) is 14.8 Å². The van der Waals surface area contributed by atoms with Crippen molar-refractivity contribution in [3.63, 3.8) is 0 Å². The molecule has 0 atom stereocenters. The number of carbonyl (C=O) groups excluding carboxylic acids is 1. The van der Waals surface area contributed by atoms with Gasteiger partial charge in [0.15, 0.2) is 0 Å². The lowest BCUT2D eigenvalue weighted by atomic mass is 10.2. The number of carbonyl (C=O) groups is 1. The van der Waals surface area contributed by atoms with Crippen LogP contribution in [0.1, 0.15) is 17.3 Å². The van der Waals surface area contributed by atoms with E-state index in [0.29, 0.717) is 6.07 Å². The molecule has 0 aromatic heterocycles. The largest absolute Gasteiger partial charge is 0.462 e. The van der Waals surface area contributed by atoms with Crippen molar-refractivity contribution >= 4 is 37.6 Å². The van der Waals surface area contributed by atoms with Crippen LogP contribution in [0.4, 0.5) is 14.5 Å². The van der Waals surface area contributed by atoms with Gasteiger partial charge in [-0.25, -0.2) is 22.0 Å². The van der Waals surface area contributed by atoms with Crippen LogP contribution in [0, 0.1) is 11.6 Å². The first kappa shape index (κ1) is 18.3. The van der Waals surface area contributed by atoms with Crippen LogP contribution in [0.5, 0.6) is 0 Å². The van der Waals surface area contributed by atoms with Crippen LogP contribution in [-0.4, -0.2) is 21.0 Å². The molecule has 0 saturated heterocycles. The summed E-state index contributed by atoms with van der Waals surface area (Å²) in [5, 5.41) is 0. The second-order valence-corrected chi connectivity index (χ2v) is 7.11. The van der Waals surface area contributed by atoms with E-state index in [0.717, 1.165) is 6.07 Å². The van der Waals surface area contributed by atoms with Gasteiger partial charge in [-0.05, 0) is 53.2 Å². The summed E-state index contributed by atoms with van der Waals surface area (Å²) >= 11 is 2.77. The second kappa shape index (κ2) is 7.27. The summed E-state index contributed by atoms with van der Waals surface area (Å²) in [6.07, 6.45) is 0. The summed E-state index contributed by atoms with van der Waals surface area (Å²) in [5.41, 5.74) is 0.141. The van der Waals surface area contributed by atoms with Crippen molar-refractivity contribution in [2.24, 2.45) is 0 Å². The first-order chi connectivity index (χ1) is 11.2. The smallest absolute Gasteiger partial charge is 0.338 e. The molecule has 9 heteroatoms. The lowest BCUT2D eigenvalue weighted by molar-refractivity contribution is 0.0526. The molecule has 0 aliphatic rings. The first-order valence-corrected chi connectivity index (χ1v) is 8.96. The normalized spacial score (nSPS) is 11.2. The van der Waals surface area contributed by atoms with Crippen molar-refractivity contribution in [3.05, 3.63) is 58.1 Å². The number of hydrogen-bond acceptors (Lipinski definition) is 4. The van der Waals surface area contributed by atoms with E-state index in [4.69, 9.17) is 4.74 Å². The molecule has 0 amide bonds. The molecule has 0 unspecified atom stereocenters. The maximum atomic E-state index is 13.8. The third-order valence-corrected chi connectivity index (χ3v) is 4.89. The van der Waals surface area contributed by atoms with Gasteiger partial charge in [-0.2, -0.15) is 0 Å². The summed E-state index contributed by atoms with van der Waals surface area (Å²) < 4.78 is 58.6. The van der Waals surface area contributed by atoms with Crippen LogP contribution < -0.4 is 4.72 Å². The zero-order chi connectivity index (χ0) is 17.9. The molecule has 0 bridgehead atoms. The molecule has 0 saturated carbocycles. The molecule has 5 nitrogen and oxygen atoms in total. The number of hydrogen-bond donors (Lipinski definition) is 1. The number of rotatable bonds is 5. The van der Waals surface area contributed by atoms with Gasteiger partial charge in [0.05, 0.1) is 16.6 Å². The molecular formula is C15H12BrF2NO4S. The molecule has 0 aliphatic heterocycles. The Morgan fingerprint density at radius 3 is 2.58 bits per heavy atom. The number of nitrogens with one attached hydrogen (secondary N) is 1. The fourth-order valence-corrected chi connectivity index (χ4v) is 3.28. The molecule has 128 valence electrons. The van der Waals surface area contributed by atoms with E-state index in [1.807, 2.05) is 0 Å². The van der Waals surface area contributed by atoms with Crippen molar-refractivity contribution < 1.29 is 26.7 Å². The summed E-state index contributed by atoms with van der Waals surface area (Å²) in [6.45, 7) is 1.80. The Hall–Kier alpha value is -2.00. The van der Waals surface area contributed by atoms with Crippen molar-refractivity contribution in [2.75, 3.05) is 11.3 Å². The number of esters is 1. The Morgan fingerprint density at radius 2 is 1.92 bits per heavy atom. The standard InChI is InChI=1S/C15H12BrF2NO4S/c1-2-23-15(20)9-4-3-5-10(6-9)19-24(21,22)14-8-12(17)11(16)7-13(14)18/h3-8,19H,2H2,1H3. The summed E-state index contributed by atoms with van der Waals surface area (Å²) in [7, 11) is -4.38. The first-order valence-electron chi connectivity index (χ1n) is 6.69. The summed E-state index contributed by atoms with van der Waals surface area (Å²) in [5.74, 6) is -2.66. The highest BCUT2D eigenvalue weighted by molar-refractivity contribution is 9.10. The van der Waals surface area contributed by atoms with Crippen LogP contribution in [0.2, 0.25) is 0 Å². The van der Waals surface area contributed by atoms with Gasteiger partial charge in [-0.1, -0.05) is 6.07 Å². The molecule has 1 N–H and O–H groups in total. The lowest BCUT2D eigenvalue weighted by Crippen LogP contribution is -2.15. The van der Waals surface area contributed by atoms with Gasteiger partial charge in [0, 0.05) is 5.69 Å². The number of ether oxygens (including phenoxy) is 1. The van der Waals surface area contributed by atoms with Crippen LogP contribution in [0.15, 0.2) is 45.8 Å². The Bertz CT molecular complexity index is 887. The van der Waals surface area contributed by atoms with Crippen LogP contribution >= 0.6 is 15.9 Å². The van der Waals surface area contributed by atoms with Gasteiger partial charge < -0.3 is 4.74 Å². The fourth-order valence-electron chi connectivity index (χ4n) is 1.84. The minimum atomic E-state index is -4.38. The van der Waals surface area contributed by atoms with Gasteiger partial charge in [-0.15, -0.1) is 0 Å². The number of anilines is 1. The topological polar surface area (TPSA) is 72.5 Å². The van der Waals surface area contributed by atoms with E-state index in [1.165, 1.54) is 24.3 Å².